The van der Waals surface area contributed by atoms with Crippen molar-refractivity contribution in [1.29, 1.82) is 0 Å². The fourth-order valence-corrected chi connectivity index (χ4v) is 2.10. The van der Waals surface area contributed by atoms with Crippen molar-refractivity contribution in [2.75, 3.05) is 13.7 Å². The monoisotopic (exact) mass is 256 g/mol. The number of benzene rings is 2. The van der Waals surface area contributed by atoms with Crippen molar-refractivity contribution in [2.45, 2.75) is 18.9 Å². The molecule has 2 nitrogen and oxygen atoms in total. The quantitative estimate of drug-likeness (QED) is 0.885. The number of aliphatic hydroxyl groups is 1. The van der Waals surface area contributed by atoms with Crippen LogP contribution in [0.1, 0.15) is 18.9 Å². The van der Waals surface area contributed by atoms with Crippen molar-refractivity contribution in [3.05, 3.63) is 60.2 Å². The van der Waals surface area contributed by atoms with E-state index in [1.54, 1.807) is 7.11 Å². The summed E-state index contributed by atoms with van der Waals surface area (Å²) in [6, 6.07) is 18.3. The van der Waals surface area contributed by atoms with Gasteiger partial charge in [0, 0.05) is 20.1 Å². The molecule has 2 rings (SSSR count). The van der Waals surface area contributed by atoms with Crippen molar-refractivity contribution >= 4 is 0 Å². The molecule has 0 aliphatic heterocycles. The fraction of sp³-hybridized carbons (Fsp3) is 0.294. The normalized spacial score (nSPS) is 14.1. The highest BCUT2D eigenvalue weighted by atomic mass is 16.5. The van der Waals surface area contributed by atoms with Crippen molar-refractivity contribution in [3.63, 3.8) is 0 Å². The Morgan fingerprint density at radius 2 is 1.53 bits per heavy atom. The van der Waals surface area contributed by atoms with Gasteiger partial charge in [0.25, 0.3) is 0 Å². The number of hydrogen-bond donors (Lipinski definition) is 1. The van der Waals surface area contributed by atoms with Crippen LogP contribution in [0.15, 0.2) is 54.6 Å². The molecule has 19 heavy (non-hydrogen) atoms. The molecule has 0 aliphatic rings. The molecule has 0 heterocycles. The van der Waals surface area contributed by atoms with E-state index in [1.807, 2.05) is 49.4 Å². The maximum absolute atomic E-state index is 10.4. The first-order valence-corrected chi connectivity index (χ1v) is 6.51. The number of ether oxygens (including phenoxy) is 1. The van der Waals surface area contributed by atoms with E-state index in [2.05, 4.69) is 12.1 Å². The summed E-state index contributed by atoms with van der Waals surface area (Å²) < 4.78 is 5.03. The number of methoxy groups -OCH3 is 1. The molecule has 1 N–H and O–H groups in total. The molecule has 0 spiro atoms. The van der Waals surface area contributed by atoms with Crippen molar-refractivity contribution in [2.24, 2.45) is 0 Å². The van der Waals surface area contributed by atoms with Gasteiger partial charge in [-0.3, -0.25) is 0 Å². The van der Waals surface area contributed by atoms with Crippen LogP contribution in [0.5, 0.6) is 0 Å². The molecule has 0 saturated carbocycles. The van der Waals surface area contributed by atoms with Crippen LogP contribution in [-0.4, -0.2) is 18.8 Å². The molecule has 0 amide bonds. The zero-order valence-corrected chi connectivity index (χ0v) is 11.5. The van der Waals surface area contributed by atoms with Crippen molar-refractivity contribution in [1.82, 2.24) is 0 Å². The Kier molecular flexibility index (Phi) is 4.35. The predicted molar refractivity (Wildman–Crippen MR) is 77.9 cm³/mol. The van der Waals surface area contributed by atoms with E-state index in [0.717, 1.165) is 11.1 Å². The molecule has 2 aromatic carbocycles. The molecule has 0 bridgehead atoms. The third-order valence-electron chi connectivity index (χ3n) is 3.41. The first-order valence-electron chi connectivity index (χ1n) is 6.51. The molecule has 1 atom stereocenters. The molecular formula is C17H20O2. The maximum Gasteiger partial charge on any atom is 0.0890 e. The Morgan fingerprint density at radius 3 is 2.11 bits per heavy atom. The molecule has 0 aliphatic carbocycles. The Bertz CT molecular complexity index is 501. The molecular weight excluding hydrogens is 236 g/mol. The second-order valence-corrected chi connectivity index (χ2v) is 4.96. The Morgan fingerprint density at radius 1 is 0.947 bits per heavy atom. The van der Waals surface area contributed by atoms with Gasteiger partial charge in [0.1, 0.15) is 0 Å². The average Bonchev–Trinajstić information content (AvgIpc) is 2.46. The lowest BCUT2D eigenvalue weighted by molar-refractivity contribution is 0.0211. The highest BCUT2D eigenvalue weighted by molar-refractivity contribution is 5.63. The van der Waals surface area contributed by atoms with Crippen LogP contribution in [0, 0.1) is 0 Å². The van der Waals surface area contributed by atoms with Crippen LogP contribution < -0.4 is 0 Å². The molecule has 2 aromatic rings. The van der Waals surface area contributed by atoms with E-state index in [9.17, 15) is 5.11 Å². The van der Waals surface area contributed by atoms with Crippen LogP contribution in [-0.2, 0) is 10.3 Å². The lowest BCUT2D eigenvalue weighted by atomic mass is 9.91. The van der Waals surface area contributed by atoms with Crippen molar-refractivity contribution in [3.8, 4) is 11.1 Å². The minimum absolute atomic E-state index is 0.549. The molecule has 0 aromatic heterocycles. The fourth-order valence-electron chi connectivity index (χ4n) is 2.10. The average molecular weight is 256 g/mol. The van der Waals surface area contributed by atoms with Gasteiger partial charge in [0.2, 0.25) is 0 Å². The first kappa shape index (κ1) is 13.8. The Hall–Kier alpha value is -1.64. The first-order chi connectivity index (χ1) is 9.13. The lowest BCUT2D eigenvalue weighted by Crippen LogP contribution is -2.22. The standard InChI is InChI=1S/C17H20O2/c1-17(18,12-13-19-2)16-10-8-15(9-11-16)14-6-4-3-5-7-14/h3-11,18H,12-13H2,1-2H3. The van der Waals surface area contributed by atoms with Crippen LogP contribution in [0.25, 0.3) is 11.1 Å². The summed E-state index contributed by atoms with van der Waals surface area (Å²) in [5.41, 5.74) is 2.42. The van der Waals surface area contributed by atoms with Gasteiger partial charge in [-0.1, -0.05) is 54.6 Å². The summed E-state index contributed by atoms with van der Waals surface area (Å²) in [6.07, 6.45) is 0.591. The minimum Gasteiger partial charge on any atom is -0.385 e. The second-order valence-electron chi connectivity index (χ2n) is 4.96. The van der Waals surface area contributed by atoms with E-state index in [4.69, 9.17) is 4.74 Å². The van der Waals surface area contributed by atoms with Gasteiger partial charge in [0.05, 0.1) is 5.60 Å². The van der Waals surface area contributed by atoms with Crippen molar-refractivity contribution < 1.29 is 9.84 Å². The van der Waals surface area contributed by atoms with E-state index < -0.39 is 5.60 Å². The summed E-state index contributed by atoms with van der Waals surface area (Å²) in [7, 11) is 1.65. The Balaban J connectivity index is 2.19. The van der Waals surface area contributed by atoms with Gasteiger partial charge in [-0.05, 0) is 23.6 Å². The van der Waals surface area contributed by atoms with E-state index in [-0.39, 0.29) is 0 Å². The third-order valence-corrected chi connectivity index (χ3v) is 3.41. The van der Waals surface area contributed by atoms with Gasteiger partial charge in [-0.15, -0.1) is 0 Å². The van der Waals surface area contributed by atoms with Gasteiger partial charge < -0.3 is 9.84 Å². The zero-order chi connectivity index (χ0) is 13.7. The van der Waals surface area contributed by atoms with Gasteiger partial charge in [-0.25, -0.2) is 0 Å². The van der Waals surface area contributed by atoms with Crippen LogP contribution in [0.3, 0.4) is 0 Å². The van der Waals surface area contributed by atoms with Gasteiger partial charge >= 0.3 is 0 Å². The molecule has 0 saturated heterocycles. The molecule has 0 radical (unpaired) electrons. The van der Waals surface area contributed by atoms with Crippen LogP contribution >= 0.6 is 0 Å². The number of rotatable bonds is 5. The summed E-state index contributed by atoms with van der Waals surface area (Å²) in [5, 5.41) is 10.4. The van der Waals surface area contributed by atoms with Crippen LogP contribution in [0.2, 0.25) is 0 Å². The maximum atomic E-state index is 10.4. The summed E-state index contributed by atoms with van der Waals surface area (Å²) >= 11 is 0. The van der Waals surface area contributed by atoms with E-state index in [1.165, 1.54) is 5.56 Å². The highest BCUT2D eigenvalue weighted by Gasteiger charge is 2.22. The highest BCUT2D eigenvalue weighted by Crippen LogP contribution is 2.27. The molecule has 2 heteroatoms. The molecule has 1 unspecified atom stereocenters. The largest absolute Gasteiger partial charge is 0.385 e. The Labute approximate surface area is 114 Å². The number of hydrogen-bond acceptors (Lipinski definition) is 2. The lowest BCUT2D eigenvalue weighted by Gasteiger charge is -2.23. The molecule has 100 valence electrons. The topological polar surface area (TPSA) is 29.5 Å². The SMILES string of the molecule is COCCC(C)(O)c1ccc(-c2ccccc2)cc1. The minimum atomic E-state index is -0.842. The predicted octanol–water partition coefficient (Wildman–Crippen LogP) is 3.60. The summed E-state index contributed by atoms with van der Waals surface area (Å²) in [4.78, 5) is 0. The second kappa shape index (κ2) is 6.00. The van der Waals surface area contributed by atoms with E-state index in [0.29, 0.717) is 13.0 Å². The summed E-state index contributed by atoms with van der Waals surface area (Å²) in [6.45, 7) is 2.37. The van der Waals surface area contributed by atoms with Gasteiger partial charge in [0.15, 0.2) is 0 Å². The summed E-state index contributed by atoms with van der Waals surface area (Å²) in [5.74, 6) is 0. The van der Waals surface area contributed by atoms with Crippen LogP contribution in [0.4, 0.5) is 0 Å². The zero-order valence-electron chi connectivity index (χ0n) is 11.5. The smallest absolute Gasteiger partial charge is 0.0890 e. The van der Waals surface area contributed by atoms with E-state index >= 15 is 0 Å². The third kappa shape index (κ3) is 3.43. The molecule has 0 fully saturated rings. The van der Waals surface area contributed by atoms with Gasteiger partial charge in [-0.2, -0.15) is 0 Å².